The fourth-order valence-corrected chi connectivity index (χ4v) is 3.98. The van der Waals surface area contributed by atoms with Gasteiger partial charge >= 0.3 is 0 Å². The van der Waals surface area contributed by atoms with Gasteiger partial charge in [0.2, 0.25) is 11.8 Å². The summed E-state index contributed by atoms with van der Waals surface area (Å²) < 4.78 is 12.9. The van der Waals surface area contributed by atoms with E-state index in [0.29, 0.717) is 11.7 Å². The molecule has 1 aromatic carbocycles. The van der Waals surface area contributed by atoms with Crippen molar-refractivity contribution in [3.63, 3.8) is 0 Å². The Labute approximate surface area is 176 Å². The summed E-state index contributed by atoms with van der Waals surface area (Å²) >= 11 is 1.34. The maximum absolute atomic E-state index is 12.9. The van der Waals surface area contributed by atoms with Crippen LogP contribution in [-0.4, -0.2) is 53.4 Å². The van der Waals surface area contributed by atoms with Crippen LogP contribution in [0.25, 0.3) is 0 Å². The number of carbonyl (C=O) groups is 2. The number of benzene rings is 1. The van der Waals surface area contributed by atoms with Crippen LogP contribution < -0.4 is 10.6 Å². The van der Waals surface area contributed by atoms with Gasteiger partial charge in [-0.1, -0.05) is 0 Å². The average Bonchev–Trinajstić information content (AvgIpc) is 3.50. The van der Waals surface area contributed by atoms with Crippen molar-refractivity contribution in [3.8, 4) is 0 Å². The minimum absolute atomic E-state index is 0. The van der Waals surface area contributed by atoms with E-state index in [-0.39, 0.29) is 41.0 Å². The van der Waals surface area contributed by atoms with Crippen molar-refractivity contribution in [1.82, 2.24) is 10.2 Å². The van der Waals surface area contributed by atoms with Crippen molar-refractivity contribution < 1.29 is 14.0 Å². The van der Waals surface area contributed by atoms with E-state index in [1.165, 1.54) is 48.9 Å². The van der Waals surface area contributed by atoms with E-state index in [1.54, 1.807) is 0 Å². The molecule has 3 rings (SSSR count). The Hall–Kier alpha value is -1.31. The molecule has 5 nitrogen and oxygen atoms in total. The highest BCUT2D eigenvalue weighted by molar-refractivity contribution is 8.01. The van der Waals surface area contributed by atoms with Crippen LogP contribution in [0.1, 0.15) is 32.6 Å². The number of amides is 2. The highest BCUT2D eigenvalue weighted by Gasteiger charge is 2.28. The molecule has 1 saturated heterocycles. The summed E-state index contributed by atoms with van der Waals surface area (Å²) in [7, 11) is 0. The zero-order chi connectivity index (χ0) is 19.2. The van der Waals surface area contributed by atoms with E-state index < -0.39 is 0 Å². The van der Waals surface area contributed by atoms with Crippen LogP contribution in [0.4, 0.5) is 10.1 Å². The molecule has 1 heterocycles. The summed E-state index contributed by atoms with van der Waals surface area (Å²) in [6.07, 6.45) is 4.71. The first kappa shape index (κ1) is 23.0. The molecule has 2 aliphatic rings. The maximum Gasteiger partial charge on any atom is 0.235 e. The van der Waals surface area contributed by atoms with Crippen LogP contribution in [-0.2, 0) is 9.59 Å². The lowest BCUT2D eigenvalue weighted by Gasteiger charge is -2.34. The smallest absolute Gasteiger partial charge is 0.235 e. The van der Waals surface area contributed by atoms with Crippen molar-refractivity contribution >= 4 is 41.7 Å². The van der Waals surface area contributed by atoms with E-state index >= 15 is 0 Å². The largest absolute Gasteiger partial charge is 0.342 e. The molecule has 8 heteroatoms. The number of hydrogen-bond acceptors (Lipinski definition) is 4. The minimum atomic E-state index is -0.340. The van der Waals surface area contributed by atoms with Gasteiger partial charge in [0.15, 0.2) is 0 Å². The molecule has 0 aromatic heterocycles. The van der Waals surface area contributed by atoms with Gasteiger partial charge in [0.05, 0.1) is 11.0 Å². The molecule has 1 aliphatic carbocycles. The molecular formula is C20H29ClFN3O2S. The first-order chi connectivity index (χ1) is 13.0. The fraction of sp³-hybridized carbons (Fsp3) is 0.600. The summed E-state index contributed by atoms with van der Waals surface area (Å²) in [4.78, 5) is 26.5. The van der Waals surface area contributed by atoms with Crippen molar-refractivity contribution in [2.24, 2.45) is 5.92 Å². The Balaban J connectivity index is 0.00000280. The number of thioether (sulfide) groups is 1. The van der Waals surface area contributed by atoms with Crippen molar-refractivity contribution in [2.45, 2.75) is 43.9 Å². The highest BCUT2D eigenvalue weighted by atomic mass is 35.5. The molecule has 0 radical (unpaired) electrons. The molecule has 1 atom stereocenters. The Kier molecular flexibility index (Phi) is 9.05. The summed E-state index contributed by atoms with van der Waals surface area (Å²) in [5.74, 6) is 0.656. The maximum atomic E-state index is 12.9. The van der Waals surface area contributed by atoms with Crippen molar-refractivity contribution in [1.29, 1.82) is 0 Å². The first-order valence-corrected chi connectivity index (χ1v) is 10.8. The molecule has 0 spiro atoms. The number of carbonyl (C=O) groups excluding carboxylic acids is 2. The summed E-state index contributed by atoms with van der Waals surface area (Å²) in [5, 5.41) is 6.09. The molecule has 1 saturated carbocycles. The fourth-order valence-electron chi connectivity index (χ4n) is 3.22. The Morgan fingerprint density at radius 3 is 2.43 bits per heavy atom. The number of piperidine rings is 1. The number of nitrogens with zero attached hydrogens (tertiary/aromatic N) is 1. The Bertz CT molecular complexity index is 649. The first-order valence-electron chi connectivity index (χ1n) is 9.70. The number of anilines is 1. The zero-order valence-electron chi connectivity index (χ0n) is 16.2. The second kappa shape index (κ2) is 11.0. The molecule has 28 heavy (non-hydrogen) atoms. The van der Waals surface area contributed by atoms with Gasteiger partial charge in [-0.3, -0.25) is 9.59 Å². The van der Waals surface area contributed by atoms with Gasteiger partial charge in [0.25, 0.3) is 0 Å². The third kappa shape index (κ3) is 7.26. The number of halogens is 2. The lowest BCUT2D eigenvalue weighted by molar-refractivity contribution is -0.131. The molecular weight excluding hydrogens is 401 g/mol. The molecule has 2 amide bonds. The van der Waals surface area contributed by atoms with Crippen LogP contribution in [0.15, 0.2) is 24.3 Å². The number of nitrogens with one attached hydrogen (secondary N) is 2. The van der Waals surface area contributed by atoms with Gasteiger partial charge in [-0.15, -0.1) is 24.2 Å². The zero-order valence-corrected chi connectivity index (χ0v) is 17.8. The van der Waals surface area contributed by atoms with E-state index in [2.05, 4.69) is 10.6 Å². The predicted molar refractivity (Wildman–Crippen MR) is 115 cm³/mol. The standard InChI is InChI=1S/C20H28FN3O2S.ClH/c1-14(27-13-19(25)23-18-6-4-16(21)5-7-18)20(26)24-10-8-17(9-11-24)22-12-15-2-3-15;/h4-7,14-15,17,22H,2-3,8-13H2,1H3,(H,23,25);1H. The quantitative estimate of drug-likeness (QED) is 0.665. The highest BCUT2D eigenvalue weighted by Crippen LogP contribution is 2.28. The molecule has 1 aliphatic heterocycles. The van der Waals surface area contributed by atoms with Crippen LogP contribution in [0, 0.1) is 11.7 Å². The van der Waals surface area contributed by atoms with E-state index in [4.69, 9.17) is 0 Å². The molecule has 1 aromatic rings. The van der Waals surface area contributed by atoms with E-state index in [9.17, 15) is 14.0 Å². The summed E-state index contributed by atoms with van der Waals surface area (Å²) in [5.41, 5.74) is 0.557. The monoisotopic (exact) mass is 429 g/mol. The lowest BCUT2D eigenvalue weighted by atomic mass is 10.0. The normalized spacial score (nSPS) is 18.3. The number of hydrogen-bond donors (Lipinski definition) is 2. The molecule has 0 bridgehead atoms. The average molecular weight is 430 g/mol. The van der Waals surface area contributed by atoms with Crippen LogP contribution in [0.3, 0.4) is 0 Å². The molecule has 1 unspecified atom stereocenters. The van der Waals surface area contributed by atoms with Crippen LogP contribution in [0.2, 0.25) is 0 Å². The van der Waals surface area contributed by atoms with Gasteiger partial charge in [0, 0.05) is 24.8 Å². The van der Waals surface area contributed by atoms with Crippen molar-refractivity contribution in [3.05, 3.63) is 30.1 Å². The summed E-state index contributed by atoms with van der Waals surface area (Å²) in [6.45, 7) is 4.55. The van der Waals surface area contributed by atoms with E-state index in [1.807, 2.05) is 11.8 Å². The third-order valence-electron chi connectivity index (χ3n) is 5.14. The van der Waals surface area contributed by atoms with Gasteiger partial charge < -0.3 is 15.5 Å². The third-order valence-corrected chi connectivity index (χ3v) is 6.27. The van der Waals surface area contributed by atoms with Gasteiger partial charge in [-0.25, -0.2) is 4.39 Å². The number of likely N-dealkylation sites (tertiary alicyclic amines) is 1. The van der Waals surface area contributed by atoms with E-state index in [0.717, 1.165) is 38.4 Å². The van der Waals surface area contributed by atoms with Gasteiger partial charge in [-0.2, -0.15) is 0 Å². The van der Waals surface area contributed by atoms with Gasteiger partial charge in [-0.05, 0) is 69.3 Å². The van der Waals surface area contributed by atoms with Crippen molar-refractivity contribution in [2.75, 3.05) is 30.7 Å². The Morgan fingerprint density at radius 1 is 1.18 bits per heavy atom. The summed E-state index contributed by atoms with van der Waals surface area (Å²) in [6, 6.07) is 6.18. The topological polar surface area (TPSA) is 61.4 Å². The molecule has 156 valence electrons. The second-order valence-electron chi connectivity index (χ2n) is 7.46. The molecule has 2 N–H and O–H groups in total. The van der Waals surface area contributed by atoms with Crippen LogP contribution >= 0.6 is 24.2 Å². The second-order valence-corrected chi connectivity index (χ2v) is 8.79. The SMILES string of the molecule is CC(SCC(=O)Nc1ccc(F)cc1)C(=O)N1CCC(NCC2CC2)CC1.Cl. The minimum Gasteiger partial charge on any atom is -0.342 e. The van der Waals surface area contributed by atoms with Gasteiger partial charge in [0.1, 0.15) is 5.82 Å². The Morgan fingerprint density at radius 2 is 1.82 bits per heavy atom. The van der Waals surface area contributed by atoms with Crippen LogP contribution in [0.5, 0.6) is 0 Å². The predicted octanol–water partition coefficient (Wildman–Crippen LogP) is 3.30. The molecule has 2 fully saturated rings. The lowest BCUT2D eigenvalue weighted by Crippen LogP contribution is -2.47. The number of rotatable bonds is 8.